The molecular formula is C13H16FIN2O. The van der Waals surface area contributed by atoms with Crippen LogP contribution in [0.25, 0.3) is 0 Å². The molecule has 2 rings (SSSR count). The van der Waals surface area contributed by atoms with E-state index in [0.717, 1.165) is 13.1 Å². The van der Waals surface area contributed by atoms with Crippen molar-refractivity contribution in [2.45, 2.75) is 19.4 Å². The van der Waals surface area contributed by atoms with Crippen molar-refractivity contribution in [2.24, 2.45) is 0 Å². The Balaban J connectivity index is 2.30. The van der Waals surface area contributed by atoms with Crippen molar-refractivity contribution >= 4 is 28.5 Å². The van der Waals surface area contributed by atoms with Crippen LogP contribution >= 0.6 is 22.6 Å². The van der Waals surface area contributed by atoms with Crippen LogP contribution in [0.4, 0.5) is 4.39 Å². The maximum Gasteiger partial charge on any atom is 0.255 e. The van der Waals surface area contributed by atoms with E-state index in [4.69, 9.17) is 0 Å². The number of carbonyl (C=O) groups excluding carboxylic acids is 1. The molecule has 0 atom stereocenters. The van der Waals surface area contributed by atoms with Crippen molar-refractivity contribution in [1.29, 1.82) is 0 Å². The number of hydrogen-bond donors (Lipinski definition) is 1. The number of rotatable bonds is 1. The first-order valence-electron chi connectivity index (χ1n) is 5.89. The van der Waals surface area contributed by atoms with Gasteiger partial charge in [-0.05, 0) is 54.6 Å². The average Bonchev–Trinajstić information content (AvgIpc) is 2.27. The van der Waals surface area contributed by atoms with Crippen LogP contribution in [0, 0.1) is 9.39 Å². The summed E-state index contributed by atoms with van der Waals surface area (Å²) >= 11 is 2.01. The molecule has 0 aliphatic carbocycles. The van der Waals surface area contributed by atoms with Gasteiger partial charge in [0.2, 0.25) is 0 Å². The molecule has 1 saturated heterocycles. The highest BCUT2D eigenvalue weighted by Crippen LogP contribution is 2.22. The van der Waals surface area contributed by atoms with Gasteiger partial charge in [0.1, 0.15) is 5.82 Å². The third-order valence-electron chi connectivity index (χ3n) is 3.21. The van der Waals surface area contributed by atoms with Gasteiger partial charge in [-0.1, -0.05) is 0 Å². The maximum absolute atomic E-state index is 13.1. The van der Waals surface area contributed by atoms with Gasteiger partial charge in [0.25, 0.3) is 5.91 Å². The number of benzene rings is 1. The SMILES string of the molecule is CC1(C)CNCCN1C(=O)c1ccc(F)cc1I. The first-order chi connectivity index (χ1) is 8.42. The molecule has 0 radical (unpaired) electrons. The van der Waals surface area contributed by atoms with Gasteiger partial charge in [-0.2, -0.15) is 0 Å². The van der Waals surface area contributed by atoms with Gasteiger partial charge in [-0.25, -0.2) is 4.39 Å². The second-order valence-electron chi connectivity index (χ2n) is 5.07. The predicted molar refractivity (Wildman–Crippen MR) is 77.1 cm³/mol. The fraction of sp³-hybridized carbons (Fsp3) is 0.462. The molecule has 1 N–H and O–H groups in total. The summed E-state index contributed by atoms with van der Waals surface area (Å²) in [6.45, 7) is 6.32. The molecule has 98 valence electrons. The van der Waals surface area contributed by atoms with Gasteiger partial charge in [0.15, 0.2) is 0 Å². The van der Waals surface area contributed by atoms with Crippen LogP contribution in [-0.4, -0.2) is 36.0 Å². The lowest BCUT2D eigenvalue weighted by Crippen LogP contribution is -2.59. The van der Waals surface area contributed by atoms with E-state index < -0.39 is 0 Å². The third kappa shape index (κ3) is 2.66. The van der Waals surface area contributed by atoms with E-state index in [1.54, 1.807) is 6.07 Å². The minimum absolute atomic E-state index is 0.0223. The van der Waals surface area contributed by atoms with Crippen molar-refractivity contribution in [3.63, 3.8) is 0 Å². The van der Waals surface area contributed by atoms with Crippen LogP contribution in [-0.2, 0) is 0 Å². The molecule has 0 unspecified atom stereocenters. The molecule has 1 fully saturated rings. The van der Waals surface area contributed by atoms with Crippen molar-refractivity contribution in [2.75, 3.05) is 19.6 Å². The van der Waals surface area contributed by atoms with Crippen molar-refractivity contribution in [1.82, 2.24) is 10.2 Å². The standard InChI is InChI=1S/C13H16FIN2O/c1-13(2)8-16-5-6-17(13)12(18)10-4-3-9(14)7-11(10)15/h3-4,7,16H,5-6,8H2,1-2H3. The molecular weight excluding hydrogens is 346 g/mol. The monoisotopic (exact) mass is 362 g/mol. The number of amides is 1. The minimum atomic E-state index is -0.310. The van der Waals surface area contributed by atoms with E-state index in [-0.39, 0.29) is 17.3 Å². The Hall–Kier alpha value is -0.690. The van der Waals surface area contributed by atoms with Crippen molar-refractivity contribution in [3.05, 3.63) is 33.1 Å². The molecule has 1 aromatic carbocycles. The Morgan fingerprint density at radius 3 is 2.83 bits per heavy atom. The Morgan fingerprint density at radius 1 is 1.50 bits per heavy atom. The van der Waals surface area contributed by atoms with Crippen molar-refractivity contribution < 1.29 is 9.18 Å². The zero-order valence-electron chi connectivity index (χ0n) is 10.5. The fourth-order valence-corrected chi connectivity index (χ4v) is 2.88. The lowest BCUT2D eigenvalue weighted by atomic mass is 9.99. The largest absolute Gasteiger partial charge is 0.331 e. The summed E-state index contributed by atoms with van der Waals surface area (Å²) < 4.78 is 13.7. The maximum atomic E-state index is 13.1. The first kappa shape index (κ1) is 13.7. The summed E-state index contributed by atoms with van der Waals surface area (Å²) in [4.78, 5) is 14.4. The second-order valence-corrected chi connectivity index (χ2v) is 6.23. The van der Waals surface area contributed by atoms with E-state index >= 15 is 0 Å². The Labute approximate surface area is 120 Å². The summed E-state index contributed by atoms with van der Waals surface area (Å²) in [7, 11) is 0. The normalized spacial score (nSPS) is 18.8. The number of hydrogen-bond acceptors (Lipinski definition) is 2. The van der Waals surface area contributed by atoms with Crippen LogP contribution in [0.5, 0.6) is 0 Å². The molecule has 0 saturated carbocycles. The summed E-state index contributed by atoms with van der Waals surface area (Å²) in [6, 6.07) is 4.30. The van der Waals surface area contributed by atoms with E-state index in [0.29, 0.717) is 15.7 Å². The molecule has 1 amide bonds. The molecule has 0 spiro atoms. The van der Waals surface area contributed by atoms with Gasteiger partial charge in [-0.15, -0.1) is 0 Å². The van der Waals surface area contributed by atoms with Crippen LogP contribution in [0.1, 0.15) is 24.2 Å². The topological polar surface area (TPSA) is 32.3 Å². The molecule has 1 heterocycles. The van der Waals surface area contributed by atoms with Gasteiger partial charge in [-0.3, -0.25) is 4.79 Å². The number of piperazine rings is 1. The quantitative estimate of drug-likeness (QED) is 0.778. The Kier molecular flexibility index (Phi) is 3.91. The first-order valence-corrected chi connectivity index (χ1v) is 6.97. The van der Waals surface area contributed by atoms with Gasteiger partial charge < -0.3 is 10.2 Å². The van der Waals surface area contributed by atoms with Crippen molar-refractivity contribution in [3.8, 4) is 0 Å². The third-order valence-corrected chi connectivity index (χ3v) is 4.10. The van der Waals surface area contributed by atoms with Crippen LogP contribution in [0.15, 0.2) is 18.2 Å². The summed E-state index contributed by atoms with van der Waals surface area (Å²) in [5, 5.41) is 3.28. The second kappa shape index (κ2) is 5.13. The Morgan fingerprint density at radius 2 is 2.22 bits per heavy atom. The van der Waals surface area contributed by atoms with Crippen LogP contribution < -0.4 is 5.32 Å². The fourth-order valence-electron chi connectivity index (χ4n) is 2.17. The zero-order valence-corrected chi connectivity index (χ0v) is 12.6. The highest BCUT2D eigenvalue weighted by Gasteiger charge is 2.34. The van der Waals surface area contributed by atoms with Gasteiger partial charge in [0.05, 0.1) is 11.1 Å². The van der Waals surface area contributed by atoms with E-state index in [9.17, 15) is 9.18 Å². The molecule has 3 nitrogen and oxygen atoms in total. The van der Waals surface area contributed by atoms with E-state index in [1.165, 1.54) is 12.1 Å². The van der Waals surface area contributed by atoms with E-state index in [1.807, 2.05) is 41.3 Å². The van der Waals surface area contributed by atoms with Gasteiger partial charge in [0, 0.05) is 23.2 Å². The lowest BCUT2D eigenvalue weighted by molar-refractivity contribution is 0.0476. The summed E-state index contributed by atoms with van der Waals surface area (Å²) in [5.74, 6) is -0.332. The number of nitrogens with one attached hydrogen (secondary N) is 1. The van der Waals surface area contributed by atoms with Gasteiger partial charge >= 0.3 is 0 Å². The minimum Gasteiger partial charge on any atom is -0.331 e. The predicted octanol–water partition coefficient (Wildman–Crippen LogP) is 2.25. The van der Waals surface area contributed by atoms with Crippen LogP contribution in [0.3, 0.4) is 0 Å². The summed E-state index contributed by atoms with van der Waals surface area (Å²) in [5.41, 5.74) is 0.360. The molecule has 1 aromatic rings. The molecule has 0 aromatic heterocycles. The molecule has 1 aliphatic rings. The van der Waals surface area contributed by atoms with E-state index in [2.05, 4.69) is 5.32 Å². The Bertz CT molecular complexity index is 476. The number of carbonyl (C=O) groups is 1. The molecule has 0 bridgehead atoms. The number of halogens is 2. The smallest absolute Gasteiger partial charge is 0.255 e. The zero-order chi connectivity index (χ0) is 13.3. The molecule has 1 aliphatic heterocycles. The molecule has 5 heteroatoms. The highest BCUT2D eigenvalue weighted by molar-refractivity contribution is 14.1. The number of nitrogens with zero attached hydrogens (tertiary/aromatic N) is 1. The van der Waals surface area contributed by atoms with Crippen LogP contribution in [0.2, 0.25) is 0 Å². The highest BCUT2D eigenvalue weighted by atomic mass is 127. The lowest BCUT2D eigenvalue weighted by Gasteiger charge is -2.43. The summed E-state index contributed by atoms with van der Waals surface area (Å²) in [6.07, 6.45) is 0. The molecule has 18 heavy (non-hydrogen) atoms. The average molecular weight is 362 g/mol.